The van der Waals surface area contributed by atoms with Crippen LogP contribution in [0.2, 0.25) is 0 Å². The average Bonchev–Trinajstić information content (AvgIpc) is 3.71. The van der Waals surface area contributed by atoms with Crippen molar-refractivity contribution in [2.45, 2.75) is 187 Å². The summed E-state index contributed by atoms with van der Waals surface area (Å²) in [6.45, 7) is 8.88. The van der Waals surface area contributed by atoms with E-state index in [9.17, 15) is 58.5 Å². The molecule has 0 saturated carbocycles. The van der Waals surface area contributed by atoms with Gasteiger partial charge >= 0.3 is 5.97 Å². The summed E-state index contributed by atoms with van der Waals surface area (Å²) in [5.41, 5.74) is 5.38. The number of hydrogen-bond donors (Lipinski definition) is 10. The number of nitrogens with two attached hydrogens (primary N) is 1. The molecular formula is C43H76N8O12. The summed E-state index contributed by atoms with van der Waals surface area (Å²) in [5.74, 6) is -8.76. The molecule has 1 aliphatic heterocycles. The van der Waals surface area contributed by atoms with Crippen molar-refractivity contribution in [3.63, 3.8) is 0 Å². The van der Waals surface area contributed by atoms with Gasteiger partial charge in [-0.3, -0.25) is 38.4 Å². The van der Waals surface area contributed by atoms with Gasteiger partial charge in [-0.1, -0.05) is 98.8 Å². The van der Waals surface area contributed by atoms with Gasteiger partial charge in [-0.15, -0.1) is 0 Å². The molecule has 1 saturated heterocycles. The number of carbonyl (C=O) groups excluding carboxylic acids is 8. The third-order valence-corrected chi connectivity index (χ3v) is 10.8. The highest BCUT2D eigenvalue weighted by atomic mass is 16.4. The number of likely N-dealkylation sites (tertiary alicyclic amines) is 1. The van der Waals surface area contributed by atoms with Crippen LogP contribution < -0.4 is 37.6 Å². The lowest BCUT2D eigenvalue weighted by atomic mass is 10.0. The minimum Gasteiger partial charge on any atom is -0.480 e. The van der Waals surface area contributed by atoms with Crippen molar-refractivity contribution < 1.29 is 58.5 Å². The minimum absolute atomic E-state index is 0.0233. The first-order valence-electron chi connectivity index (χ1n) is 22.6. The molecule has 1 fully saturated rings. The van der Waals surface area contributed by atoms with Crippen LogP contribution in [0, 0.1) is 11.8 Å². The topological polar surface area (TPSA) is 316 Å². The van der Waals surface area contributed by atoms with Crippen molar-refractivity contribution >= 4 is 53.2 Å². The highest BCUT2D eigenvalue weighted by Crippen LogP contribution is 2.21. The third-order valence-electron chi connectivity index (χ3n) is 10.8. The molecule has 0 spiro atoms. The molecule has 0 aromatic rings. The van der Waals surface area contributed by atoms with Crippen molar-refractivity contribution in [3.8, 4) is 0 Å². The molecule has 360 valence electrons. The molecule has 20 nitrogen and oxygen atoms in total. The van der Waals surface area contributed by atoms with Gasteiger partial charge < -0.3 is 57.9 Å². The van der Waals surface area contributed by atoms with Crippen molar-refractivity contribution in [1.29, 1.82) is 0 Å². The van der Waals surface area contributed by atoms with Crippen molar-refractivity contribution in [3.05, 3.63) is 0 Å². The zero-order chi connectivity index (χ0) is 47.6. The molecule has 0 aromatic heterocycles. The quantitative estimate of drug-likeness (QED) is 0.0407. The zero-order valence-corrected chi connectivity index (χ0v) is 38.2. The van der Waals surface area contributed by atoms with Crippen LogP contribution in [0.15, 0.2) is 0 Å². The maximum Gasteiger partial charge on any atom is 0.326 e. The molecule has 7 atom stereocenters. The summed E-state index contributed by atoms with van der Waals surface area (Å²) in [6, 6.07) is -8.59. The largest absolute Gasteiger partial charge is 0.480 e. The number of primary amides is 1. The van der Waals surface area contributed by atoms with E-state index in [1.807, 2.05) is 0 Å². The molecular weight excluding hydrogens is 821 g/mol. The van der Waals surface area contributed by atoms with E-state index >= 15 is 0 Å². The molecule has 1 rings (SSSR count). The van der Waals surface area contributed by atoms with Crippen LogP contribution in [0.3, 0.4) is 0 Å². The second kappa shape index (κ2) is 30.3. The summed E-state index contributed by atoms with van der Waals surface area (Å²) in [5, 5.41) is 44.4. The number of rotatable bonds is 32. The van der Waals surface area contributed by atoms with Gasteiger partial charge in [0.2, 0.25) is 47.3 Å². The van der Waals surface area contributed by atoms with Crippen LogP contribution >= 0.6 is 0 Å². The fourth-order valence-electron chi connectivity index (χ4n) is 7.19. The summed E-state index contributed by atoms with van der Waals surface area (Å²) in [4.78, 5) is 117. The Morgan fingerprint density at radius 2 is 1.19 bits per heavy atom. The Hall–Kier alpha value is -4.85. The van der Waals surface area contributed by atoms with Gasteiger partial charge in [-0.25, -0.2) is 4.79 Å². The Bertz CT molecular complexity index is 1510. The molecule has 63 heavy (non-hydrogen) atoms. The summed E-state index contributed by atoms with van der Waals surface area (Å²) < 4.78 is 0. The highest BCUT2D eigenvalue weighted by molar-refractivity contribution is 5.98. The van der Waals surface area contributed by atoms with E-state index in [-0.39, 0.29) is 37.6 Å². The molecule has 0 radical (unpaired) electrons. The molecule has 20 heteroatoms. The maximum atomic E-state index is 13.6. The average molecular weight is 897 g/mol. The Labute approximate surface area is 371 Å². The third kappa shape index (κ3) is 21.9. The first-order chi connectivity index (χ1) is 29.7. The number of aliphatic hydroxyl groups excluding tert-OH is 2. The Balaban J connectivity index is 2.88. The first-order valence-corrected chi connectivity index (χ1v) is 22.6. The van der Waals surface area contributed by atoms with Crippen molar-refractivity contribution in [2.24, 2.45) is 17.6 Å². The molecule has 0 aliphatic carbocycles. The molecule has 0 bridgehead atoms. The smallest absolute Gasteiger partial charge is 0.326 e. The van der Waals surface area contributed by atoms with Gasteiger partial charge in [0.1, 0.15) is 36.3 Å². The van der Waals surface area contributed by atoms with E-state index in [0.717, 1.165) is 19.3 Å². The number of carboxylic acid groups (broad SMARTS) is 1. The van der Waals surface area contributed by atoms with E-state index in [1.165, 1.54) is 56.8 Å². The van der Waals surface area contributed by atoms with E-state index < -0.39 is 115 Å². The van der Waals surface area contributed by atoms with Crippen LogP contribution in [-0.2, 0) is 43.2 Å². The summed E-state index contributed by atoms with van der Waals surface area (Å²) in [6.07, 6.45) is 11.0. The summed E-state index contributed by atoms with van der Waals surface area (Å²) in [7, 11) is 0. The predicted octanol–water partition coefficient (Wildman–Crippen LogP) is 0.254. The van der Waals surface area contributed by atoms with E-state index in [1.54, 1.807) is 27.7 Å². The maximum absolute atomic E-state index is 13.6. The van der Waals surface area contributed by atoms with E-state index in [2.05, 4.69) is 38.8 Å². The molecule has 1 heterocycles. The van der Waals surface area contributed by atoms with Crippen LogP contribution in [0.5, 0.6) is 0 Å². The number of unbranched alkanes of at least 4 members (excludes halogenated alkanes) is 10. The standard InChI is InChI=1S/C43H76N8O12/c1-7-8-9-10-11-12-13-14-15-16-17-20-34(55)45-24-35(56)49-37(28(6)53)41(60)47-30(23-33(44)54)39(58)46-29(22-26(2)3)38(57)48-31(25-52)40(59)50-36(27(4)5)42(61)51-21-18-19-32(51)43(62)63/h26-32,36-37,52-53H,7-25H2,1-6H3,(H2,44,54)(H,45,55)(H,46,58)(H,47,60)(H,48,57)(H,49,56)(H,50,59)(H,62,63)/t28-,29+,30+,31+,32+,36+,37+/m1/s1. The van der Waals surface area contributed by atoms with Gasteiger partial charge in [0.05, 0.1) is 25.7 Å². The Kier molecular flexibility index (Phi) is 27.0. The SMILES string of the molecule is CCCCCCCCCCCCCC(=O)NCC(=O)N[C@H](C(=O)N[C@@H](CC(N)=O)C(=O)N[C@@H](CC(C)C)C(=O)N[C@@H](CO)C(=O)N[C@H](C(=O)N1CCC[C@H]1C(=O)O)C(C)C)[C@@H](C)O. The van der Waals surface area contributed by atoms with Crippen LogP contribution in [0.4, 0.5) is 0 Å². The molecule has 0 aromatic carbocycles. The van der Waals surface area contributed by atoms with Crippen molar-refractivity contribution in [2.75, 3.05) is 19.7 Å². The fourth-order valence-corrected chi connectivity index (χ4v) is 7.19. The predicted molar refractivity (Wildman–Crippen MR) is 233 cm³/mol. The monoisotopic (exact) mass is 897 g/mol. The normalized spacial score (nSPS) is 16.5. The van der Waals surface area contributed by atoms with Gasteiger partial charge in [0, 0.05) is 13.0 Å². The molecule has 11 N–H and O–H groups in total. The second-order valence-electron chi connectivity index (χ2n) is 17.3. The number of aliphatic carboxylic acids is 1. The number of amides is 8. The van der Waals surface area contributed by atoms with Gasteiger partial charge in [-0.05, 0) is 44.4 Å². The second-order valence-corrected chi connectivity index (χ2v) is 17.3. The van der Waals surface area contributed by atoms with Crippen LogP contribution in [0.25, 0.3) is 0 Å². The Morgan fingerprint density at radius 3 is 1.70 bits per heavy atom. The van der Waals surface area contributed by atoms with Gasteiger partial charge in [-0.2, -0.15) is 0 Å². The molecule has 8 amide bonds. The highest BCUT2D eigenvalue weighted by Gasteiger charge is 2.40. The van der Waals surface area contributed by atoms with Crippen molar-refractivity contribution in [1.82, 2.24) is 36.8 Å². The number of hydrogen-bond acceptors (Lipinski definition) is 11. The summed E-state index contributed by atoms with van der Waals surface area (Å²) >= 11 is 0. The lowest BCUT2D eigenvalue weighted by Gasteiger charge is -2.31. The van der Waals surface area contributed by atoms with Crippen LogP contribution in [0.1, 0.15) is 144 Å². The van der Waals surface area contributed by atoms with Gasteiger partial charge in [0.25, 0.3) is 0 Å². The van der Waals surface area contributed by atoms with Gasteiger partial charge in [0.15, 0.2) is 0 Å². The zero-order valence-electron chi connectivity index (χ0n) is 38.2. The Morgan fingerprint density at radius 1 is 0.667 bits per heavy atom. The molecule has 1 aliphatic rings. The number of aliphatic hydroxyl groups is 2. The van der Waals surface area contributed by atoms with Crippen LogP contribution in [-0.4, -0.2) is 135 Å². The number of nitrogens with zero attached hydrogens (tertiary/aromatic N) is 1. The van der Waals surface area contributed by atoms with E-state index in [0.29, 0.717) is 12.8 Å². The van der Waals surface area contributed by atoms with E-state index in [4.69, 9.17) is 5.73 Å². The number of nitrogens with one attached hydrogen (secondary N) is 6. The fraction of sp³-hybridized carbons (Fsp3) is 0.791. The number of carbonyl (C=O) groups is 9. The lowest BCUT2D eigenvalue weighted by molar-refractivity contribution is -0.150. The lowest BCUT2D eigenvalue weighted by Crippen LogP contribution is -2.61. The molecule has 0 unspecified atom stereocenters. The first kappa shape index (κ1) is 56.2. The minimum atomic E-state index is -1.70. The number of carboxylic acids is 1.